The molecule has 7 rings (SSSR count). The number of hydrogen-bond acceptors (Lipinski definition) is 7. The number of nitrogens with zero attached hydrogens (tertiary/aromatic N) is 1. The highest BCUT2D eigenvalue weighted by molar-refractivity contribution is 8.18. The minimum atomic E-state index is -0.458. The summed E-state index contributed by atoms with van der Waals surface area (Å²) in [7, 11) is 0. The molecular formula is C45H38FN3O6S. The first-order valence-electron chi connectivity index (χ1n) is 18.3. The van der Waals surface area contributed by atoms with Gasteiger partial charge >= 0.3 is 0 Å². The quantitative estimate of drug-likeness (QED) is 0.0707. The largest absolute Gasteiger partial charge is 0.372 e. The Labute approximate surface area is 328 Å². The number of amides is 4. The minimum Gasteiger partial charge on any atom is -0.372 e. The number of thioether (sulfide) groups is 1. The van der Waals surface area contributed by atoms with Gasteiger partial charge in [-0.1, -0.05) is 84.9 Å². The van der Waals surface area contributed by atoms with Gasteiger partial charge in [-0.2, -0.15) is 0 Å². The molecule has 0 spiro atoms. The van der Waals surface area contributed by atoms with Crippen molar-refractivity contribution < 1.29 is 33.1 Å². The lowest BCUT2D eigenvalue weighted by Crippen LogP contribution is -2.37. The van der Waals surface area contributed by atoms with Crippen LogP contribution < -0.4 is 10.6 Å². The molecule has 2 aliphatic heterocycles. The number of carbonyl (C=O) groups is 5. The van der Waals surface area contributed by atoms with Crippen molar-refractivity contribution >= 4 is 46.6 Å². The molecule has 2 aliphatic rings. The van der Waals surface area contributed by atoms with Gasteiger partial charge in [0, 0.05) is 35.8 Å². The Balaban J connectivity index is 1.03. The van der Waals surface area contributed by atoms with Gasteiger partial charge in [-0.25, -0.2) is 4.39 Å². The second-order valence-electron chi connectivity index (χ2n) is 13.6. The topological polar surface area (TPSA) is 122 Å². The highest BCUT2D eigenvalue weighted by atomic mass is 32.2. The molecule has 0 saturated carbocycles. The number of halogens is 1. The van der Waals surface area contributed by atoms with E-state index in [-0.39, 0.29) is 46.4 Å². The molecule has 0 aromatic heterocycles. The van der Waals surface area contributed by atoms with E-state index >= 15 is 0 Å². The molecule has 4 amide bonds. The van der Waals surface area contributed by atoms with Crippen molar-refractivity contribution in [1.29, 1.82) is 0 Å². The van der Waals surface area contributed by atoms with Crippen LogP contribution in [0, 0.1) is 5.82 Å². The van der Waals surface area contributed by atoms with E-state index in [1.165, 1.54) is 24.3 Å². The summed E-state index contributed by atoms with van der Waals surface area (Å²) in [5.41, 5.74) is 5.08. The summed E-state index contributed by atoms with van der Waals surface area (Å²) < 4.78 is 20.2. The zero-order valence-electron chi connectivity index (χ0n) is 30.3. The zero-order chi connectivity index (χ0) is 39.0. The number of hydrogen-bond donors (Lipinski definition) is 2. The van der Waals surface area contributed by atoms with Crippen LogP contribution in [-0.2, 0) is 16.1 Å². The van der Waals surface area contributed by atoms with Crippen LogP contribution in [0.15, 0.2) is 132 Å². The number of carbonyl (C=O) groups excluding carboxylic acids is 5. The van der Waals surface area contributed by atoms with Crippen LogP contribution in [0.3, 0.4) is 0 Å². The van der Waals surface area contributed by atoms with E-state index in [4.69, 9.17) is 4.74 Å². The number of benzene rings is 5. The average Bonchev–Trinajstić information content (AvgIpc) is 3.79. The normalized spacial score (nSPS) is 17.2. The highest BCUT2D eigenvalue weighted by Crippen LogP contribution is 2.30. The van der Waals surface area contributed by atoms with Crippen molar-refractivity contribution in [2.75, 3.05) is 13.1 Å². The Kier molecular flexibility index (Phi) is 11.9. The van der Waals surface area contributed by atoms with E-state index < -0.39 is 17.0 Å². The van der Waals surface area contributed by atoms with Crippen LogP contribution in [0.5, 0.6) is 0 Å². The minimum absolute atomic E-state index is 0.229. The van der Waals surface area contributed by atoms with Crippen LogP contribution >= 0.6 is 11.8 Å². The number of ketones is 1. The van der Waals surface area contributed by atoms with E-state index in [2.05, 4.69) is 28.8 Å². The lowest BCUT2D eigenvalue weighted by Gasteiger charge is -2.25. The van der Waals surface area contributed by atoms with Crippen LogP contribution in [-0.4, -0.2) is 58.9 Å². The van der Waals surface area contributed by atoms with Gasteiger partial charge in [-0.3, -0.25) is 29.3 Å². The maximum absolute atomic E-state index is 14.4. The molecule has 2 heterocycles. The lowest BCUT2D eigenvalue weighted by molar-refractivity contribution is -0.115. The van der Waals surface area contributed by atoms with Crippen molar-refractivity contribution in [1.82, 2.24) is 15.5 Å². The Hall–Kier alpha value is -6.17. The van der Waals surface area contributed by atoms with Crippen LogP contribution in [0.25, 0.3) is 17.2 Å². The molecule has 0 aliphatic carbocycles. The van der Waals surface area contributed by atoms with Gasteiger partial charge in [0.15, 0.2) is 5.78 Å². The molecule has 2 N–H and O–H groups in total. The van der Waals surface area contributed by atoms with Crippen molar-refractivity contribution in [3.8, 4) is 11.1 Å². The summed E-state index contributed by atoms with van der Waals surface area (Å²) in [5.74, 6) is -1.84. The molecular weight excluding hydrogens is 730 g/mol. The smallest absolute Gasteiger partial charge is 0.290 e. The van der Waals surface area contributed by atoms with Gasteiger partial charge in [-0.15, -0.1) is 0 Å². The monoisotopic (exact) mass is 767 g/mol. The third-order valence-corrected chi connectivity index (χ3v) is 10.6. The number of nitrogens with one attached hydrogen (secondary N) is 2. The van der Waals surface area contributed by atoms with Crippen molar-refractivity contribution in [3.63, 3.8) is 0 Å². The third-order valence-electron chi connectivity index (χ3n) is 9.83. The summed E-state index contributed by atoms with van der Waals surface area (Å²) in [5, 5.41) is 4.76. The summed E-state index contributed by atoms with van der Waals surface area (Å²) in [6.07, 6.45) is 3.04. The fourth-order valence-corrected chi connectivity index (χ4v) is 7.68. The Morgan fingerprint density at radius 3 is 2.23 bits per heavy atom. The highest BCUT2D eigenvalue weighted by Gasteiger charge is 2.37. The van der Waals surface area contributed by atoms with Gasteiger partial charge in [0.1, 0.15) is 5.82 Å². The summed E-state index contributed by atoms with van der Waals surface area (Å²) in [6.45, 7) is 1.03. The van der Waals surface area contributed by atoms with E-state index in [0.717, 1.165) is 28.5 Å². The molecule has 5 aromatic rings. The molecule has 2 atom stereocenters. The Bertz CT molecular complexity index is 2300. The first-order valence-corrected chi connectivity index (χ1v) is 19.1. The fourth-order valence-electron chi connectivity index (χ4n) is 6.99. The molecule has 0 radical (unpaired) electrons. The van der Waals surface area contributed by atoms with E-state index in [1.807, 2.05) is 36.4 Å². The van der Waals surface area contributed by atoms with E-state index in [1.54, 1.807) is 59.5 Å². The number of likely N-dealkylation sites (tertiary alicyclic amines) is 1. The van der Waals surface area contributed by atoms with Crippen LogP contribution in [0.4, 0.5) is 9.18 Å². The van der Waals surface area contributed by atoms with Gasteiger partial charge in [0.2, 0.25) is 0 Å². The number of rotatable bonds is 13. The maximum Gasteiger partial charge on any atom is 0.290 e. The van der Waals surface area contributed by atoms with Crippen LogP contribution in [0.2, 0.25) is 0 Å². The first-order chi connectivity index (χ1) is 27.2. The molecule has 11 heteroatoms. The van der Waals surface area contributed by atoms with Crippen LogP contribution in [0.1, 0.15) is 67.0 Å². The SMILES string of the molecule is O=C1NC(=O)C(=Cc2ccc(C(=O)NCCC[C@@H]3C[C@@H](OCc4ccccc4-c4ccccc4)CN3C(=O)c3ccccc3C(=O)c3ccc(F)cc3)cc2)S1. The summed E-state index contributed by atoms with van der Waals surface area (Å²) >= 11 is 0.829. The molecule has 2 fully saturated rings. The summed E-state index contributed by atoms with van der Waals surface area (Å²) in [4.78, 5) is 66.4. The zero-order valence-corrected chi connectivity index (χ0v) is 31.1. The average molecular weight is 768 g/mol. The van der Waals surface area contributed by atoms with E-state index in [9.17, 15) is 28.4 Å². The van der Waals surface area contributed by atoms with Gasteiger partial charge in [0.25, 0.3) is 23.0 Å². The molecule has 9 nitrogen and oxygen atoms in total. The fraction of sp³-hybridized carbons (Fsp3) is 0.178. The van der Waals surface area contributed by atoms with Crippen molar-refractivity contribution in [2.45, 2.75) is 38.0 Å². The number of imide groups is 1. The maximum atomic E-state index is 14.4. The lowest BCUT2D eigenvalue weighted by atomic mass is 9.97. The molecule has 282 valence electrons. The Morgan fingerprint density at radius 1 is 0.821 bits per heavy atom. The third kappa shape index (κ3) is 9.02. The standard InChI is InChI=1S/C45H38FN3O6S/c46-34-22-20-31(21-23-34)41(50)38-14-6-7-15-39(38)44(53)49-27-36(55-28-33-11-4-5-13-37(33)30-9-2-1-3-10-30)26-35(49)12-8-24-47-42(51)32-18-16-29(17-19-32)25-40-43(52)48-45(54)56-40/h1-7,9-11,13-23,25,35-36H,8,12,24,26-28H2,(H,47,51)(H,48,52,54)/t35-,36-/m1/s1. The van der Waals surface area contributed by atoms with Crippen molar-refractivity contribution in [2.24, 2.45) is 0 Å². The van der Waals surface area contributed by atoms with Gasteiger partial charge < -0.3 is 15.0 Å². The molecule has 0 bridgehead atoms. The van der Waals surface area contributed by atoms with Gasteiger partial charge in [-0.05, 0) is 102 Å². The molecule has 5 aromatic carbocycles. The second kappa shape index (κ2) is 17.5. The molecule has 2 saturated heterocycles. The van der Waals surface area contributed by atoms with Crippen molar-refractivity contribution in [3.05, 3.63) is 171 Å². The molecule has 0 unspecified atom stereocenters. The Morgan fingerprint density at radius 2 is 1.50 bits per heavy atom. The summed E-state index contributed by atoms with van der Waals surface area (Å²) in [6, 6.07) is 36.6. The first kappa shape index (κ1) is 38.1. The van der Waals surface area contributed by atoms with Gasteiger partial charge in [0.05, 0.1) is 23.2 Å². The number of ether oxygens (including phenoxy) is 1. The second-order valence-corrected chi connectivity index (χ2v) is 14.6. The predicted octanol–water partition coefficient (Wildman–Crippen LogP) is 8.06. The predicted molar refractivity (Wildman–Crippen MR) is 213 cm³/mol. The molecule has 56 heavy (non-hydrogen) atoms. The van der Waals surface area contributed by atoms with E-state index in [0.29, 0.717) is 55.0 Å².